The topological polar surface area (TPSA) is 63.3 Å². The molecule has 2 aromatic carbocycles. The summed E-state index contributed by atoms with van der Waals surface area (Å²) in [4.78, 5) is 15.3. The Bertz CT molecular complexity index is 804. The van der Waals surface area contributed by atoms with Crippen LogP contribution in [0, 0.1) is 6.92 Å². The number of hydrogen-bond donors (Lipinski definition) is 1. The maximum atomic E-state index is 10.8. The van der Waals surface area contributed by atoms with Crippen LogP contribution in [0.5, 0.6) is 0 Å². The zero-order chi connectivity index (χ0) is 16.2. The molecule has 23 heavy (non-hydrogen) atoms. The highest BCUT2D eigenvalue weighted by molar-refractivity contribution is 5.77. The molecule has 0 aliphatic rings. The van der Waals surface area contributed by atoms with E-state index < -0.39 is 5.97 Å². The van der Waals surface area contributed by atoms with Gasteiger partial charge in [-0.05, 0) is 6.92 Å². The van der Waals surface area contributed by atoms with Crippen LogP contribution < -0.4 is 0 Å². The number of rotatable bonds is 5. The molecular formula is C19H17NO3. The molecular weight excluding hydrogens is 290 g/mol. The monoisotopic (exact) mass is 307 g/mol. The van der Waals surface area contributed by atoms with Crippen LogP contribution in [0.2, 0.25) is 0 Å². The van der Waals surface area contributed by atoms with E-state index >= 15 is 0 Å². The van der Waals surface area contributed by atoms with Gasteiger partial charge >= 0.3 is 5.97 Å². The van der Waals surface area contributed by atoms with Gasteiger partial charge in [0.1, 0.15) is 5.69 Å². The lowest BCUT2D eigenvalue weighted by molar-refractivity contribution is -0.137. The van der Waals surface area contributed by atoms with Crippen LogP contribution in [0.3, 0.4) is 0 Å². The van der Waals surface area contributed by atoms with Crippen molar-refractivity contribution >= 4 is 5.97 Å². The first-order valence-corrected chi connectivity index (χ1v) is 7.47. The second kappa shape index (κ2) is 6.48. The van der Waals surface area contributed by atoms with Crippen molar-refractivity contribution < 1.29 is 14.3 Å². The van der Waals surface area contributed by atoms with E-state index in [4.69, 9.17) is 9.52 Å². The van der Waals surface area contributed by atoms with Crippen LogP contribution in [-0.2, 0) is 11.2 Å². The first-order valence-electron chi connectivity index (χ1n) is 7.47. The molecule has 0 unspecified atom stereocenters. The van der Waals surface area contributed by atoms with Crippen LogP contribution >= 0.6 is 0 Å². The van der Waals surface area contributed by atoms with Gasteiger partial charge in [0.05, 0.1) is 6.42 Å². The number of benzene rings is 2. The summed E-state index contributed by atoms with van der Waals surface area (Å²) < 4.78 is 5.86. The average Bonchev–Trinajstić information content (AvgIpc) is 2.99. The Labute approximate surface area is 134 Å². The number of carboxylic acids is 1. The highest BCUT2D eigenvalue weighted by Gasteiger charge is 2.17. The Morgan fingerprint density at radius 2 is 1.74 bits per heavy atom. The lowest BCUT2D eigenvalue weighted by atomic mass is 10.0. The Morgan fingerprint density at radius 1 is 1.04 bits per heavy atom. The van der Waals surface area contributed by atoms with Crippen LogP contribution in [0.4, 0.5) is 0 Å². The Kier molecular flexibility index (Phi) is 4.24. The number of nitrogens with zero attached hydrogens (tertiary/aromatic N) is 1. The lowest BCUT2D eigenvalue weighted by Crippen LogP contribution is -1.97. The van der Waals surface area contributed by atoms with Crippen LogP contribution in [0.15, 0.2) is 59.0 Å². The minimum absolute atomic E-state index is 0.00206. The number of aryl methyl sites for hydroxylation is 2. The van der Waals surface area contributed by atoms with Crippen molar-refractivity contribution in [3.8, 4) is 22.6 Å². The Hall–Kier alpha value is -2.88. The van der Waals surface area contributed by atoms with Gasteiger partial charge in [0.15, 0.2) is 11.7 Å². The van der Waals surface area contributed by atoms with Crippen molar-refractivity contribution in [2.24, 2.45) is 0 Å². The molecule has 1 aromatic heterocycles. The zero-order valence-corrected chi connectivity index (χ0v) is 12.8. The van der Waals surface area contributed by atoms with Gasteiger partial charge in [0.25, 0.3) is 0 Å². The second-order valence-electron chi connectivity index (χ2n) is 5.41. The van der Waals surface area contributed by atoms with Crippen LogP contribution in [0.25, 0.3) is 22.6 Å². The molecule has 0 saturated heterocycles. The third-order valence-corrected chi connectivity index (χ3v) is 3.59. The summed E-state index contributed by atoms with van der Waals surface area (Å²) in [7, 11) is 0. The van der Waals surface area contributed by atoms with Crippen molar-refractivity contribution in [1.29, 1.82) is 0 Å². The maximum absolute atomic E-state index is 10.8. The van der Waals surface area contributed by atoms with Crippen molar-refractivity contribution in [3.63, 3.8) is 0 Å². The van der Waals surface area contributed by atoms with E-state index in [-0.39, 0.29) is 12.8 Å². The highest BCUT2D eigenvalue weighted by atomic mass is 16.4. The Balaban J connectivity index is 2.05. The van der Waals surface area contributed by atoms with E-state index in [1.165, 1.54) is 5.56 Å². The predicted octanol–water partition coefficient (Wildman–Crippen LogP) is 4.33. The summed E-state index contributed by atoms with van der Waals surface area (Å²) in [5, 5.41) is 8.85. The minimum Gasteiger partial charge on any atom is -0.481 e. The molecule has 116 valence electrons. The molecule has 0 aliphatic carbocycles. The van der Waals surface area contributed by atoms with Gasteiger partial charge in [-0.25, -0.2) is 4.98 Å². The molecule has 1 heterocycles. The largest absolute Gasteiger partial charge is 0.481 e. The molecule has 0 atom stereocenters. The van der Waals surface area contributed by atoms with Crippen LogP contribution in [0.1, 0.15) is 17.9 Å². The third-order valence-electron chi connectivity index (χ3n) is 3.59. The van der Waals surface area contributed by atoms with E-state index in [0.717, 1.165) is 16.8 Å². The molecule has 4 nitrogen and oxygen atoms in total. The molecule has 0 radical (unpaired) electrons. The van der Waals surface area contributed by atoms with Crippen LogP contribution in [-0.4, -0.2) is 16.1 Å². The van der Waals surface area contributed by atoms with E-state index in [0.29, 0.717) is 11.7 Å². The summed E-state index contributed by atoms with van der Waals surface area (Å²) in [5.41, 5.74) is 3.80. The van der Waals surface area contributed by atoms with Gasteiger partial charge in [0.2, 0.25) is 0 Å². The summed E-state index contributed by atoms with van der Waals surface area (Å²) in [6.45, 7) is 2.03. The fourth-order valence-electron chi connectivity index (χ4n) is 2.38. The molecule has 0 fully saturated rings. The Morgan fingerprint density at radius 3 is 2.39 bits per heavy atom. The van der Waals surface area contributed by atoms with Crippen molar-refractivity contribution in [1.82, 2.24) is 4.98 Å². The molecule has 0 spiro atoms. The molecule has 1 N–H and O–H groups in total. The number of hydrogen-bond acceptors (Lipinski definition) is 3. The van der Waals surface area contributed by atoms with Crippen molar-refractivity contribution in [2.75, 3.05) is 0 Å². The number of oxazole rings is 1. The predicted molar refractivity (Wildman–Crippen MR) is 88.1 cm³/mol. The average molecular weight is 307 g/mol. The number of aliphatic carboxylic acids is 1. The molecule has 4 heteroatoms. The molecule has 3 rings (SSSR count). The number of carbonyl (C=O) groups is 1. The number of carboxylic acid groups (broad SMARTS) is 1. The normalized spacial score (nSPS) is 10.7. The molecule has 0 amide bonds. The lowest BCUT2D eigenvalue weighted by Gasteiger charge is -2.02. The highest BCUT2D eigenvalue weighted by Crippen LogP contribution is 2.33. The van der Waals surface area contributed by atoms with E-state index in [9.17, 15) is 4.79 Å². The van der Waals surface area contributed by atoms with Crippen molar-refractivity contribution in [3.05, 3.63) is 66.1 Å². The van der Waals surface area contributed by atoms with Gasteiger partial charge in [-0.15, -0.1) is 0 Å². The SMILES string of the molecule is Cc1ccc(-c2nc(CCC(=O)O)oc2-c2ccccc2)cc1. The van der Waals surface area contributed by atoms with Gasteiger partial charge < -0.3 is 9.52 Å². The van der Waals surface area contributed by atoms with Crippen molar-refractivity contribution in [2.45, 2.75) is 19.8 Å². The third kappa shape index (κ3) is 3.48. The molecule has 0 saturated carbocycles. The number of aromatic nitrogens is 1. The molecule has 3 aromatic rings. The first kappa shape index (κ1) is 15.0. The quantitative estimate of drug-likeness (QED) is 0.762. The molecule has 0 aliphatic heterocycles. The molecule has 0 bridgehead atoms. The minimum atomic E-state index is -0.860. The van der Waals surface area contributed by atoms with Gasteiger partial charge in [0, 0.05) is 17.5 Å². The summed E-state index contributed by atoms with van der Waals surface area (Å²) in [6, 6.07) is 17.8. The zero-order valence-electron chi connectivity index (χ0n) is 12.8. The van der Waals surface area contributed by atoms with E-state index in [1.807, 2.05) is 61.5 Å². The second-order valence-corrected chi connectivity index (χ2v) is 5.41. The van der Waals surface area contributed by atoms with Gasteiger partial charge in [-0.1, -0.05) is 60.2 Å². The van der Waals surface area contributed by atoms with Gasteiger partial charge in [-0.2, -0.15) is 0 Å². The fraction of sp³-hybridized carbons (Fsp3) is 0.158. The first-order chi connectivity index (χ1) is 11.1. The van der Waals surface area contributed by atoms with Gasteiger partial charge in [-0.3, -0.25) is 4.79 Å². The fourth-order valence-corrected chi connectivity index (χ4v) is 2.38. The van der Waals surface area contributed by atoms with E-state index in [1.54, 1.807) is 0 Å². The summed E-state index contributed by atoms with van der Waals surface area (Å²) in [5.74, 6) is 0.262. The summed E-state index contributed by atoms with van der Waals surface area (Å²) >= 11 is 0. The standard InChI is InChI=1S/C19H17NO3/c1-13-7-9-14(10-8-13)18-19(15-5-3-2-4-6-15)23-16(20-18)11-12-17(21)22/h2-10H,11-12H2,1H3,(H,21,22). The smallest absolute Gasteiger partial charge is 0.303 e. The maximum Gasteiger partial charge on any atom is 0.303 e. The van der Waals surface area contributed by atoms with E-state index in [2.05, 4.69) is 4.98 Å². The summed E-state index contributed by atoms with van der Waals surface area (Å²) in [6.07, 6.45) is 0.281.